The average molecular weight is 365 g/mol. The smallest absolute Gasteiger partial charge is 0.238 e. The predicted octanol–water partition coefficient (Wildman–Crippen LogP) is 2.26. The molecule has 5 heteroatoms. The molecule has 3 rings (SSSR count). The number of rotatable bonds is 8. The van der Waals surface area contributed by atoms with Crippen molar-refractivity contribution in [2.24, 2.45) is 0 Å². The van der Waals surface area contributed by atoms with Crippen molar-refractivity contribution in [1.29, 1.82) is 0 Å². The summed E-state index contributed by atoms with van der Waals surface area (Å²) in [6.45, 7) is 1.45. The van der Waals surface area contributed by atoms with Crippen molar-refractivity contribution in [2.45, 2.75) is 24.7 Å². The Labute approximate surface area is 160 Å². The molecule has 1 aliphatic heterocycles. The molecule has 2 amide bonds. The Morgan fingerprint density at radius 2 is 1.74 bits per heavy atom. The number of hydrogen-bond donors (Lipinski definition) is 2. The van der Waals surface area contributed by atoms with Gasteiger partial charge >= 0.3 is 0 Å². The minimum atomic E-state index is -0.861. The van der Waals surface area contributed by atoms with Gasteiger partial charge in [-0.15, -0.1) is 0 Å². The van der Waals surface area contributed by atoms with E-state index in [1.807, 2.05) is 61.6 Å². The van der Waals surface area contributed by atoms with Crippen LogP contribution in [0.2, 0.25) is 0 Å². The Morgan fingerprint density at radius 1 is 1.04 bits per heavy atom. The molecule has 2 aromatic carbocycles. The molecule has 1 aliphatic rings. The van der Waals surface area contributed by atoms with E-state index in [0.29, 0.717) is 13.0 Å². The molecule has 5 nitrogen and oxygen atoms in total. The molecule has 0 aliphatic carbocycles. The quantitative estimate of drug-likeness (QED) is 0.706. The number of amides is 2. The Balaban J connectivity index is 1.91. The van der Waals surface area contributed by atoms with Crippen LogP contribution in [0.1, 0.15) is 24.0 Å². The first-order chi connectivity index (χ1) is 13.1. The van der Waals surface area contributed by atoms with Crippen LogP contribution in [0.4, 0.5) is 5.69 Å². The fraction of sp³-hybridized carbons (Fsp3) is 0.364. The second-order valence-electron chi connectivity index (χ2n) is 7.11. The van der Waals surface area contributed by atoms with Crippen molar-refractivity contribution in [2.75, 3.05) is 32.1 Å². The number of hydrogen-bond acceptors (Lipinski definition) is 3. The third-order valence-electron chi connectivity index (χ3n) is 5.23. The molecule has 1 atom stereocenters. The molecule has 0 fully saturated rings. The monoisotopic (exact) mass is 365 g/mol. The van der Waals surface area contributed by atoms with Crippen molar-refractivity contribution >= 4 is 17.5 Å². The summed E-state index contributed by atoms with van der Waals surface area (Å²) in [5.74, 6) is -0.0987. The average Bonchev–Trinajstić information content (AvgIpc) is 2.89. The fourth-order valence-electron chi connectivity index (χ4n) is 3.89. The van der Waals surface area contributed by atoms with Gasteiger partial charge in [-0.25, -0.2) is 0 Å². The van der Waals surface area contributed by atoms with Crippen LogP contribution in [-0.4, -0.2) is 39.0 Å². The number of nitrogens with one attached hydrogen (secondary N) is 2. The number of carbonyl (C=O) groups is 2. The molecule has 2 N–H and O–H groups in total. The lowest BCUT2D eigenvalue weighted by molar-refractivity contribution is -0.129. The number of para-hydroxylation sites is 1. The Kier molecular flexibility index (Phi) is 5.91. The standard InChI is InChI=1S/C22H27N3O2/c1-23-13-8-14-24-20(26)16-22(15-17-9-4-3-5-10-17)18-11-6-7-12-19(18)25(2)21(22)27/h3-7,9-12,23H,8,13-16H2,1-2H3,(H,24,26)/t22-/m0/s1. The molecule has 0 bridgehead atoms. The maximum Gasteiger partial charge on any atom is 0.238 e. The van der Waals surface area contributed by atoms with Crippen LogP contribution in [0.15, 0.2) is 54.6 Å². The molecule has 0 unspecified atom stereocenters. The SMILES string of the molecule is CNCCCNC(=O)C[C@]1(Cc2ccccc2)C(=O)N(C)c2ccccc21. The highest BCUT2D eigenvalue weighted by molar-refractivity contribution is 6.09. The molecule has 27 heavy (non-hydrogen) atoms. The van der Waals surface area contributed by atoms with Crippen molar-refractivity contribution in [1.82, 2.24) is 10.6 Å². The normalized spacial score (nSPS) is 18.4. The predicted molar refractivity (Wildman–Crippen MR) is 108 cm³/mol. The first kappa shape index (κ1) is 19.1. The Hall–Kier alpha value is -2.66. The zero-order valence-electron chi connectivity index (χ0n) is 16.0. The molecule has 0 saturated carbocycles. The number of benzene rings is 2. The summed E-state index contributed by atoms with van der Waals surface area (Å²) in [6.07, 6.45) is 1.53. The molecule has 0 aromatic heterocycles. The second-order valence-corrected chi connectivity index (χ2v) is 7.11. The Bertz CT molecular complexity index is 806. The summed E-state index contributed by atoms with van der Waals surface area (Å²) < 4.78 is 0. The highest BCUT2D eigenvalue weighted by atomic mass is 16.2. The van der Waals surface area contributed by atoms with E-state index in [9.17, 15) is 9.59 Å². The number of nitrogens with zero attached hydrogens (tertiary/aromatic N) is 1. The van der Waals surface area contributed by atoms with E-state index in [-0.39, 0.29) is 18.2 Å². The largest absolute Gasteiger partial charge is 0.356 e. The summed E-state index contributed by atoms with van der Waals surface area (Å²) in [7, 11) is 3.68. The third-order valence-corrected chi connectivity index (χ3v) is 5.23. The minimum absolute atomic E-state index is 0.0158. The molecular weight excluding hydrogens is 338 g/mol. The van der Waals surface area contributed by atoms with Gasteiger partial charge < -0.3 is 15.5 Å². The van der Waals surface area contributed by atoms with Gasteiger partial charge in [0.2, 0.25) is 11.8 Å². The molecule has 0 spiro atoms. The van der Waals surface area contributed by atoms with E-state index in [2.05, 4.69) is 10.6 Å². The zero-order chi connectivity index (χ0) is 19.3. The van der Waals surface area contributed by atoms with Gasteiger partial charge in [-0.2, -0.15) is 0 Å². The first-order valence-corrected chi connectivity index (χ1v) is 9.41. The summed E-state index contributed by atoms with van der Waals surface area (Å²) in [6, 6.07) is 17.7. The van der Waals surface area contributed by atoms with Crippen LogP contribution in [-0.2, 0) is 21.4 Å². The van der Waals surface area contributed by atoms with E-state index in [0.717, 1.165) is 29.8 Å². The molecule has 0 saturated heterocycles. The highest BCUT2D eigenvalue weighted by Crippen LogP contribution is 2.45. The van der Waals surface area contributed by atoms with Gasteiger partial charge in [0, 0.05) is 25.7 Å². The summed E-state index contributed by atoms with van der Waals surface area (Å²) >= 11 is 0. The van der Waals surface area contributed by atoms with Crippen LogP contribution >= 0.6 is 0 Å². The van der Waals surface area contributed by atoms with Gasteiger partial charge in [0.15, 0.2) is 0 Å². The maximum atomic E-state index is 13.3. The lowest BCUT2D eigenvalue weighted by atomic mass is 9.73. The lowest BCUT2D eigenvalue weighted by Crippen LogP contribution is -2.44. The van der Waals surface area contributed by atoms with Crippen LogP contribution in [0.5, 0.6) is 0 Å². The molecule has 1 heterocycles. The zero-order valence-corrected chi connectivity index (χ0v) is 16.0. The van der Waals surface area contributed by atoms with Crippen molar-refractivity contribution < 1.29 is 9.59 Å². The number of fused-ring (bicyclic) bond motifs is 1. The topological polar surface area (TPSA) is 61.4 Å². The number of likely N-dealkylation sites (N-methyl/N-ethyl adjacent to an activating group) is 1. The maximum absolute atomic E-state index is 13.3. The van der Waals surface area contributed by atoms with Gasteiger partial charge in [-0.05, 0) is 43.6 Å². The first-order valence-electron chi connectivity index (χ1n) is 9.41. The van der Waals surface area contributed by atoms with Crippen molar-refractivity contribution in [3.05, 3.63) is 65.7 Å². The van der Waals surface area contributed by atoms with Crippen LogP contribution < -0.4 is 15.5 Å². The summed E-state index contributed by atoms with van der Waals surface area (Å²) in [5.41, 5.74) is 2.02. The summed E-state index contributed by atoms with van der Waals surface area (Å²) in [5, 5.41) is 6.04. The second kappa shape index (κ2) is 8.35. The van der Waals surface area contributed by atoms with E-state index in [1.54, 1.807) is 11.9 Å². The van der Waals surface area contributed by atoms with Crippen LogP contribution in [0.3, 0.4) is 0 Å². The number of carbonyl (C=O) groups excluding carboxylic acids is 2. The molecule has 142 valence electrons. The van der Waals surface area contributed by atoms with Crippen molar-refractivity contribution in [3.63, 3.8) is 0 Å². The van der Waals surface area contributed by atoms with Crippen LogP contribution in [0, 0.1) is 0 Å². The molecule has 2 aromatic rings. The number of anilines is 1. The van der Waals surface area contributed by atoms with Gasteiger partial charge in [-0.1, -0.05) is 48.5 Å². The van der Waals surface area contributed by atoms with Gasteiger partial charge in [-0.3, -0.25) is 9.59 Å². The highest BCUT2D eigenvalue weighted by Gasteiger charge is 2.50. The molecule has 0 radical (unpaired) electrons. The fourth-order valence-corrected chi connectivity index (χ4v) is 3.89. The van der Waals surface area contributed by atoms with Crippen molar-refractivity contribution in [3.8, 4) is 0 Å². The van der Waals surface area contributed by atoms with E-state index >= 15 is 0 Å². The summed E-state index contributed by atoms with van der Waals surface area (Å²) in [4.78, 5) is 27.7. The van der Waals surface area contributed by atoms with Gasteiger partial charge in [0.05, 0.1) is 5.41 Å². The molecular formula is C22H27N3O2. The minimum Gasteiger partial charge on any atom is -0.356 e. The third kappa shape index (κ3) is 3.88. The van der Waals surface area contributed by atoms with E-state index in [4.69, 9.17) is 0 Å². The Morgan fingerprint density at radius 3 is 2.48 bits per heavy atom. The van der Waals surface area contributed by atoms with Gasteiger partial charge in [0.1, 0.15) is 0 Å². The lowest BCUT2D eigenvalue weighted by Gasteiger charge is -2.28. The van der Waals surface area contributed by atoms with Gasteiger partial charge in [0.25, 0.3) is 0 Å². The van der Waals surface area contributed by atoms with E-state index in [1.165, 1.54) is 0 Å². The van der Waals surface area contributed by atoms with Crippen LogP contribution in [0.25, 0.3) is 0 Å². The van der Waals surface area contributed by atoms with E-state index < -0.39 is 5.41 Å².